The molecule has 1 N–H and O–H groups in total. The van der Waals surface area contributed by atoms with Crippen LogP contribution in [-0.4, -0.2) is 43.6 Å². The van der Waals surface area contributed by atoms with Gasteiger partial charge >= 0.3 is 0 Å². The number of hydrogen-bond acceptors (Lipinski definition) is 3. The van der Waals surface area contributed by atoms with Crippen LogP contribution in [0.2, 0.25) is 5.02 Å². The molecule has 110 valence electrons. The normalized spacial score (nSPS) is 15.8. The molecule has 0 aromatic heterocycles. The Hall–Kier alpha value is -1.26. The van der Waals surface area contributed by atoms with E-state index < -0.39 is 0 Å². The van der Waals surface area contributed by atoms with Crippen LogP contribution < -0.4 is 10.1 Å². The zero-order valence-corrected chi connectivity index (χ0v) is 12.4. The molecule has 1 saturated heterocycles. The molecule has 0 bridgehead atoms. The number of carbonyl (C=O) groups is 1. The number of benzene rings is 1. The lowest BCUT2D eigenvalue weighted by atomic mass is 10.2. The summed E-state index contributed by atoms with van der Waals surface area (Å²) in [5, 5.41) is 3.90. The number of amides is 1. The van der Waals surface area contributed by atoms with Crippen molar-refractivity contribution in [2.75, 3.05) is 32.8 Å². The molecule has 0 aliphatic carbocycles. The van der Waals surface area contributed by atoms with E-state index in [1.165, 1.54) is 0 Å². The third kappa shape index (κ3) is 4.69. The van der Waals surface area contributed by atoms with Gasteiger partial charge in [0.15, 0.2) is 0 Å². The van der Waals surface area contributed by atoms with Gasteiger partial charge in [-0.1, -0.05) is 23.7 Å². The minimum atomic E-state index is 0.219. The van der Waals surface area contributed by atoms with Gasteiger partial charge in [-0.15, -0.1) is 0 Å². The number of ether oxygens (including phenoxy) is 1. The lowest BCUT2D eigenvalue weighted by Gasteiger charge is -2.19. The number of halogens is 1. The molecule has 0 spiro atoms. The topological polar surface area (TPSA) is 41.6 Å². The third-order valence-corrected chi connectivity index (χ3v) is 3.63. The van der Waals surface area contributed by atoms with Crippen molar-refractivity contribution in [3.63, 3.8) is 0 Å². The fourth-order valence-electron chi connectivity index (χ4n) is 2.22. The van der Waals surface area contributed by atoms with Crippen LogP contribution in [0.15, 0.2) is 24.3 Å². The van der Waals surface area contributed by atoms with Gasteiger partial charge in [-0.25, -0.2) is 0 Å². The lowest BCUT2D eigenvalue weighted by molar-refractivity contribution is -0.131. The highest BCUT2D eigenvalue weighted by Crippen LogP contribution is 2.23. The zero-order valence-electron chi connectivity index (χ0n) is 11.6. The monoisotopic (exact) mass is 296 g/mol. The van der Waals surface area contributed by atoms with E-state index in [-0.39, 0.29) is 5.91 Å². The zero-order chi connectivity index (χ0) is 14.2. The largest absolute Gasteiger partial charge is 0.492 e. The minimum absolute atomic E-state index is 0.219. The molecule has 0 atom stereocenters. The Labute approximate surface area is 125 Å². The highest BCUT2D eigenvalue weighted by molar-refractivity contribution is 6.32. The van der Waals surface area contributed by atoms with Crippen LogP contribution in [0, 0.1) is 0 Å². The van der Waals surface area contributed by atoms with E-state index in [9.17, 15) is 4.79 Å². The predicted octanol–water partition coefficient (Wildman–Crippen LogP) is 2.32. The molecule has 1 amide bonds. The van der Waals surface area contributed by atoms with Gasteiger partial charge < -0.3 is 15.0 Å². The van der Waals surface area contributed by atoms with Gasteiger partial charge in [0.1, 0.15) is 5.75 Å². The molecule has 0 unspecified atom stereocenters. The molecule has 20 heavy (non-hydrogen) atoms. The van der Waals surface area contributed by atoms with Crippen molar-refractivity contribution in [2.45, 2.75) is 19.3 Å². The van der Waals surface area contributed by atoms with Crippen LogP contribution in [0.3, 0.4) is 0 Å². The summed E-state index contributed by atoms with van der Waals surface area (Å²) in [6.45, 7) is 4.07. The average molecular weight is 297 g/mol. The number of carbonyl (C=O) groups excluding carboxylic acids is 1. The Kier molecular flexibility index (Phi) is 6.15. The fourth-order valence-corrected chi connectivity index (χ4v) is 2.41. The van der Waals surface area contributed by atoms with E-state index in [1.807, 2.05) is 23.1 Å². The Morgan fingerprint density at radius 3 is 3.00 bits per heavy atom. The van der Waals surface area contributed by atoms with Crippen molar-refractivity contribution >= 4 is 17.5 Å². The maximum atomic E-state index is 12.0. The smallest absolute Gasteiger partial charge is 0.222 e. The number of nitrogens with zero attached hydrogens (tertiary/aromatic N) is 1. The van der Waals surface area contributed by atoms with Crippen molar-refractivity contribution in [3.8, 4) is 5.75 Å². The predicted molar refractivity (Wildman–Crippen MR) is 80.2 cm³/mol. The van der Waals surface area contributed by atoms with Gasteiger partial charge in [-0.05, 0) is 31.5 Å². The quantitative estimate of drug-likeness (QED) is 0.848. The lowest BCUT2D eigenvalue weighted by Crippen LogP contribution is -2.34. The summed E-state index contributed by atoms with van der Waals surface area (Å²) in [5.41, 5.74) is 0. The number of nitrogens with one attached hydrogen (secondary N) is 1. The molecular weight excluding hydrogens is 276 g/mol. The summed E-state index contributed by atoms with van der Waals surface area (Å²) in [5.74, 6) is 0.900. The number of rotatable bonds is 5. The van der Waals surface area contributed by atoms with Crippen molar-refractivity contribution < 1.29 is 9.53 Å². The van der Waals surface area contributed by atoms with Gasteiger partial charge in [-0.3, -0.25) is 4.79 Å². The molecule has 1 aliphatic heterocycles. The highest BCUT2D eigenvalue weighted by atomic mass is 35.5. The fraction of sp³-hybridized carbons (Fsp3) is 0.533. The Balaban J connectivity index is 1.67. The van der Waals surface area contributed by atoms with Crippen molar-refractivity contribution in [2.24, 2.45) is 0 Å². The van der Waals surface area contributed by atoms with E-state index in [0.717, 1.165) is 32.6 Å². The summed E-state index contributed by atoms with van der Waals surface area (Å²) in [6, 6.07) is 7.39. The molecular formula is C15H21ClN2O2. The molecule has 1 heterocycles. The summed E-state index contributed by atoms with van der Waals surface area (Å²) in [7, 11) is 0. The van der Waals surface area contributed by atoms with Crippen molar-refractivity contribution in [1.29, 1.82) is 0 Å². The number of hydrogen-bond donors (Lipinski definition) is 1. The second kappa shape index (κ2) is 8.12. The standard InChI is InChI=1S/C15H21ClN2O2/c16-13-5-1-2-6-14(13)20-12-3-7-15(19)18-10-4-8-17-9-11-18/h1-2,5-6,17H,3-4,7-12H2. The van der Waals surface area contributed by atoms with Crippen LogP contribution in [0.1, 0.15) is 19.3 Å². The minimum Gasteiger partial charge on any atom is -0.492 e. The van der Waals surface area contributed by atoms with E-state index in [4.69, 9.17) is 16.3 Å². The van der Waals surface area contributed by atoms with Gasteiger partial charge in [0.2, 0.25) is 5.91 Å². The van der Waals surface area contributed by atoms with Gasteiger partial charge in [0.25, 0.3) is 0 Å². The van der Waals surface area contributed by atoms with E-state index >= 15 is 0 Å². The number of para-hydroxylation sites is 1. The molecule has 1 aliphatic rings. The van der Waals surface area contributed by atoms with Crippen LogP contribution in [0.4, 0.5) is 0 Å². The summed E-state index contributed by atoms with van der Waals surface area (Å²) >= 11 is 6.00. The maximum absolute atomic E-state index is 12.0. The van der Waals surface area contributed by atoms with Crippen LogP contribution >= 0.6 is 11.6 Å². The molecule has 0 radical (unpaired) electrons. The molecule has 0 saturated carbocycles. The van der Waals surface area contributed by atoms with Gasteiger partial charge in [0.05, 0.1) is 11.6 Å². The van der Waals surface area contributed by atoms with E-state index in [0.29, 0.717) is 30.2 Å². The van der Waals surface area contributed by atoms with Gasteiger partial charge in [0, 0.05) is 26.1 Å². The Morgan fingerprint density at radius 1 is 1.30 bits per heavy atom. The summed E-state index contributed by atoms with van der Waals surface area (Å²) in [4.78, 5) is 14.0. The molecule has 5 heteroatoms. The second-order valence-electron chi connectivity index (χ2n) is 4.87. The summed E-state index contributed by atoms with van der Waals surface area (Å²) in [6.07, 6.45) is 2.28. The first kappa shape index (κ1) is 15.1. The first-order valence-electron chi connectivity index (χ1n) is 7.13. The van der Waals surface area contributed by atoms with Crippen LogP contribution in [0.25, 0.3) is 0 Å². The van der Waals surface area contributed by atoms with Crippen molar-refractivity contribution in [3.05, 3.63) is 29.3 Å². The molecule has 1 fully saturated rings. The maximum Gasteiger partial charge on any atom is 0.222 e. The SMILES string of the molecule is O=C(CCCOc1ccccc1Cl)N1CCCNCC1. The highest BCUT2D eigenvalue weighted by Gasteiger charge is 2.14. The first-order chi connectivity index (χ1) is 9.77. The molecule has 4 nitrogen and oxygen atoms in total. The van der Waals surface area contributed by atoms with Gasteiger partial charge in [-0.2, -0.15) is 0 Å². The van der Waals surface area contributed by atoms with Crippen LogP contribution in [0.5, 0.6) is 5.75 Å². The Morgan fingerprint density at radius 2 is 2.15 bits per heavy atom. The Bertz CT molecular complexity index is 432. The second-order valence-corrected chi connectivity index (χ2v) is 5.27. The molecule has 1 aromatic carbocycles. The van der Waals surface area contributed by atoms with Crippen molar-refractivity contribution in [1.82, 2.24) is 10.2 Å². The van der Waals surface area contributed by atoms with E-state index in [2.05, 4.69) is 5.32 Å². The molecule has 1 aromatic rings. The van der Waals surface area contributed by atoms with Crippen LogP contribution in [-0.2, 0) is 4.79 Å². The third-order valence-electron chi connectivity index (χ3n) is 3.32. The summed E-state index contributed by atoms with van der Waals surface area (Å²) < 4.78 is 5.58. The average Bonchev–Trinajstić information content (AvgIpc) is 2.74. The first-order valence-corrected chi connectivity index (χ1v) is 7.51. The molecule has 2 rings (SSSR count). The van der Waals surface area contributed by atoms with E-state index in [1.54, 1.807) is 6.07 Å².